The molecule has 1 heterocycles. The molecule has 1 aromatic carbocycles. The Bertz CT molecular complexity index is 802. The molecule has 0 radical (unpaired) electrons. The first-order chi connectivity index (χ1) is 9.69. The quantitative estimate of drug-likeness (QED) is 0.911. The third-order valence-corrected chi connectivity index (χ3v) is 4.47. The number of rotatable bonds is 3. The predicted molar refractivity (Wildman–Crippen MR) is 82.6 cm³/mol. The fourth-order valence-electron chi connectivity index (χ4n) is 1.94. The van der Waals surface area contributed by atoms with Gasteiger partial charge in [0.2, 0.25) is 10.0 Å². The highest BCUT2D eigenvalue weighted by molar-refractivity contribution is 7.89. The molecule has 0 aliphatic carbocycles. The Balaban J connectivity index is 2.49. The summed E-state index contributed by atoms with van der Waals surface area (Å²) in [6.45, 7) is 5.32. The molecule has 0 saturated carbocycles. The first-order valence-corrected chi connectivity index (χ1v) is 7.99. The van der Waals surface area contributed by atoms with E-state index in [1.165, 1.54) is 18.3 Å². The topological polar surface area (TPSA) is 79.0 Å². The van der Waals surface area contributed by atoms with Gasteiger partial charge in [-0.2, -0.15) is 0 Å². The molecule has 112 valence electrons. The maximum absolute atomic E-state index is 12.3. The van der Waals surface area contributed by atoms with Gasteiger partial charge in [0.15, 0.2) is 0 Å². The van der Waals surface area contributed by atoms with Crippen LogP contribution in [0.15, 0.2) is 52.3 Å². The van der Waals surface area contributed by atoms with Crippen LogP contribution in [0, 0.1) is 0 Å². The van der Waals surface area contributed by atoms with Gasteiger partial charge in [0.1, 0.15) is 0 Å². The first-order valence-electron chi connectivity index (χ1n) is 6.51. The zero-order valence-electron chi connectivity index (χ0n) is 12.2. The van der Waals surface area contributed by atoms with Gasteiger partial charge in [-0.15, -0.1) is 0 Å². The van der Waals surface area contributed by atoms with Gasteiger partial charge in [-0.1, -0.05) is 12.1 Å². The number of hydrogen-bond acceptors (Lipinski definition) is 3. The van der Waals surface area contributed by atoms with E-state index in [9.17, 15) is 13.2 Å². The molecule has 0 aliphatic rings. The van der Waals surface area contributed by atoms with Crippen LogP contribution >= 0.6 is 0 Å². The van der Waals surface area contributed by atoms with Crippen LogP contribution in [-0.2, 0) is 10.0 Å². The minimum absolute atomic E-state index is 0.137. The molecule has 6 heteroatoms. The number of nitrogens with one attached hydrogen (secondary N) is 2. The fraction of sp³-hybridized carbons (Fsp3) is 0.267. The number of H-pyrrole nitrogens is 1. The van der Waals surface area contributed by atoms with Crippen LogP contribution in [0.4, 0.5) is 0 Å². The summed E-state index contributed by atoms with van der Waals surface area (Å²) in [6.07, 6.45) is 1.54. The van der Waals surface area contributed by atoms with Crippen LogP contribution in [0.5, 0.6) is 0 Å². The summed E-state index contributed by atoms with van der Waals surface area (Å²) in [5, 5.41) is 0. The molecule has 0 unspecified atom stereocenters. The third kappa shape index (κ3) is 3.80. The van der Waals surface area contributed by atoms with Crippen molar-refractivity contribution in [2.75, 3.05) is 0 Å². The van der Waals surface area contributed by atoms with Crippen LogP contribution in [-0.4, -0.2) is 18.9 Å². The summed E-state index contributed by atoms with van der Waals surface area (Å²) in [6, 6.07) is 9.69. The van der Waals surface area contributed by atoms with Crippen molar-refractivity contribution in [3.05, 3.63) is 52.9 Å². The van der Waals surface area contributed by atoms with Crippen molar-refractivity contribution < 1.29 is 8.42 Å². The molecule has 0 bridgehead atoms. The lowest BCUT2D eigenvalue weighted by atomic mass is 10.1. The minimum atomic E-state index is -3.62. The predicted octanol–water partition coefficient (Wildman–Crippen LogP) is 2.12. The van der Waals surface area contributed by atoms with E-state index in [-0.39, 0.29) is 10.5 Å². The van der Waals surface area contributed by atoms with Crippen molar-refractivity contribution in [2.45, 2.75) is 31.2 Å². The number of aromatic nitrogens is 1. The molecule has 0 aliphatic heterocycles. The minimum Gasteiger partial charge on any atom is -0.329 e. The van der Waals surface area contributed by atoms with Crippen molar-refractivity contribution in [2.24, 2.45) is 0 Å². The van der Waals surface area contributed by atoms with E-state index in [2.05, 4.69) is 9.71 Å². The highest BCUT2D eigenvalue weighted by atomic mass is 32.2. The molecule has 2 N–H and O–H groups in total. The van der Waals surface area contributed by atoms with Crippen molar-refractivity contribution >= 4 is 10.0 Å². The SMILES string of the molecule is CC(C)(C)NS(=O)(=O)c1cccc(-c2ccc[nH]c2=O)c1. The smallest absolute Gasteiger partial charge is 0.255 e. The summed E-state index contributed by atoms with van der Waals surface area (Å²) >= 11 is 0. The Morgan fingerprint density at radius 3 is 2.43 bits per heavy atom. The zero-order valence-corrected chi connectivity index (χ0v) is 13.0. The van der Waals surface area contributed by atoms with Gasteiger partial charge in [-0.25, -0.2) is 13.1 Å². The number of hydrogen-bond donors (Lipinski definition) is 2. The molecule has 2 aromatic rings. The standard InChI is InChI=1S/C15H18N2O3S/c1-15(2,3)17-21(19,20)12-7-4-6-11(10-12)13-8-5-9-16-14(13)18/h4-10,17H,1-3H3,(H,16,18). The van der Waals surface area contributed by atoms with Gasteiger partial charge >= 0.3 is 0 Å². The highest BCUT2D eigenvalue weighted by Crippen LogP contribution is 2.20. The Labute approximate surface area is 124 Å². The van der Waals surface area contributed by atoms with Gasteiger partial charge in [-0.05, 0) is 50.6 Å². The van der Waals surface area contributed by atoms with Crippen LogP contribution in [0.1, 0.15) is 20.8 Å². The molecule has 0 fully saturated rings. The van der Waals surface area contributed by atoms with Crippen molar-refractivity contribution in [1.82, 2.24) is 9.71 Å². The number of aromatic amines is 1. The Hall–Kier alpha value is -1.92. The number of pyridine rings is 1. The number of sulfonamides is 1. The summed E-state index contributed by atoms with van der Waals surface area (Å²) in [4.78, 5) is 14.5. The van der Waals surface area contributed by atoms with Crippen molar-refractivity contribution in [1.29, 1.82) is 0 Å². The maximum atomic E-state index is 12.3. The zero-order chi connectivity index (χ0) is 15.7. The molecule has 0 saturated heterocycles. The average molecular weight is 306 g/mol. The monoisotopic (exact) mass is 306 g/mol. The summed E-state index contributed by atoms with van der Waals surface area (Å²) < 4.78 is 27.2. The molecule has 2 rings (SSSR count). The lowest BCUT2D eigenvalue weighted by molar-refractivity contribution is 0.491. The van der Waals surface area contributed by atoms with E-state index in [0.29, 0.717) is 11.1 Å². The Kier molecular flexibility index (Phi) is 4.02. The van der Waals surface area contributed by atoms with Crippen LogP contribution in [0.2, 0.25) is 0 Å². The highest BCUT2D eigenvalue weighted by Gasteiger charge is 2.22. The van der Waals surface area contributed by atoms with E-state index in [1.54, 1.807) is 45.0 Å². The second-order valence-electron chi connectivity index (χ2n) is 5.80. The summed E-state index contributed by atoms with van der Waals surface area (Å²) in [7, 11) is -3.62. The van der Waals surface area contributed by atoms with E-state index < -0.39 is 15.6 Å². The first kappa shape index (κ1) is 15.5. The normalized spacial score (nSPS) is 12.3. The van der Waals surface area contributed by atoms with E-state index in [4.69, 9.17) is 0 Å². The lowest BCUT2D eigenvalue weighted by Crippen LogP contribution is -2.40. The van der Waals surface area contributed by atoms with Gasteiger partial charge < -0.3 is 4.98 Å². The summed E-state index contributed by atoms with van der Waals surface area (Å²) in [5.74, 6) is 0. The van der Waals surface area contributed by atoms with Crippen molar-refractivity contribution in [3.63, 3.8) is 0 Å². The van der Waals surface area contributed by atoms with Gasteiger partial charge in [0.25, 0.3) is 5.56 Å². The second kappa shape index (κ2) is 5.46. The van der Waals surface area contributed by atoms with Crippen LogP contribution < -0.4 is 10.3 Å². The average Bonchev–Trinajstić information content (AvgIpc) is 2.37. The Morgan fingerprint density at radius 2 is 1.81 bits per heavy atom. The van der Waals surface area contributed by atoms with Crippen LogP contribution in [0.3, 0.4) is 0 Å². The molecule has 21 heavy (non-hydrogen) atoms. The molecular formula is C15H18N2O3S. The largest absolute Gasteiger partial charge is 0.329 e. The molecule has 0 amide bonds. The van der Waals surface area contributed by atoms with E-state index in [1.807, 2.05) is 0 Å². The van der Waals surface area contributed by atoms with E-state index >= 15 is 0 Å². The maximum Gasteiger partial charge on any atom is 0.255 e. The fourth-order valence-corrected chi connectivity index (χ4v) is 3.41. The molecule has 1 aromatic heterocycles. The van der Waals surface area contributed by atoms with Crippen molar-refractivity contribution in [3.8, 4) is 11.1 Å². The second-order valence-corrected chi connectivity index (χ2v) is 7.48. The number of benzene rings is 1. The molecule has 0 atom stereocenters. The Morgan fingerprint density at radius 1 is 1.10 bits per heavy atom. The molecule has 5 nitrogen and oxygen atoms in total. The van der Waals surface area contributed by atoms with E-state index in [0.717, 1.165) is 0 Å². The molecule has 0 spiro atoms. The van der Waals surface area contributed by atoms with Gasteiger partial charge in [-0.3, -0.25) is 4.79 Å². The lowest BCUT2D eigenvalue weighted by Gasteiger charge is -2.20. The summed E-state index contributed by atoms with van der Waals surface area (Å²) in [5.41, 5.74) is 0.175. The van der Waals surface area contributed by atoms with Gasteiger partial charge in [0, 0.05) is 17.3 Å². The van der Waals surface area contributed by atoms with Crippen LogP contribution in [0.25, 0.3) is 11.1 Å². The third-order valence-electron chi connectivity index (χ3n) is 2.71. The van der Waals surface area contributed by atoms with Gasteiger partial charge in [0.05, 0.1) is 4.90 Å². The molecular weight excluding hydrogens is 288 g/mol.